The van der Waals surface area contributed by atoms with Crippen molar-refractivity contribution in [1.29, 1.82) is 0 Å². The molecular weight excluding hydrogens is 324 g/mol. The number of aryl methyl sites for hydroxylation is 2. The second-order valence-electron chi connectivity index (χ2n) is 6.22. The first-order valence-electron chi connectivity index (χ1n) is 8.17. The maximum absolute atomic E-state index is 12.2. The van der Waals surface area contributed by atoms with Crippen LogP contribution in [-0.2, 0) is 16.0 Å². The smallest absolute Gasteiger partial charge is 0.242 e. The third-order valence-electron chi connectivity index (χ3n) is 3.79. The molecule has 1 rings (SSSR count). The summed E-state index contributed by atoms with van der Waals surface area (Å²) >= 11 is 1.50. The van der Waals surface area contributed by atoms with Gasteiger partial charge in [0, 0.05) is 24.9 Å². The first kappa shape index (κ1) is 20.4. The predicted octanol–water partition coefficient (Wildman–Crippen LogP) is 2.02. The number of carbonyl (C=O) groups excluding carboxylic acids is 2. The summed E-state index contributed by atoms with van der Waals surface area (Å²) in [6, 6.07) is -0.486. The number of amides is 2. The van der Waals surface area contributed by atoms with E-state index in [1.807, 2.05) is 34.0 Å². The van der Waals surface area contributed by atoms with Crippen molar-refractivity contribution in [3.63, 3.8) is 0 Å². The third-order valence-corrected chi connectivity index (χ3v) is 4.34. The maximum Gasteiger partial charge on any atom is 0.242 e. The highest BCUT2D eigenvalue weighted by atomic mass is 32.2. The van der Waals surface area contributed by atoms with Crippen molar-refractivity contribution < 1.29 is 9.59 Å². The van der Waals surface area contributed by atoms with Crippen molar-refractivity contribution in [2.45, 2.75) is 58.2 Å². The third kappa shape index (κ3) is 6.11. The Morgan fingerprint density at radius 2 is 1.75 bits per heavy atom. The van der Waals surface area contributed by atoms with E-state index in [9.17, 15) is 9.59 Å². The van der Waals surface area contributed by atoms with Crippen LogP contribution in [0, 0.1) is 19.8 Å². The summed E-state index contributed by atoms with van der Waals surface area (Å²) in [7, 11) is 1.58. The summed E-state index contributed by atoms with van der Waals surface area (Å²) in [4.78, 5) is 33.0. The van der Waals surface area contributed by atoms with Crippen molar-refractivity contribution >= 4 is 23.6 Å². The summed E-state index contributed by atoms with van der Waals surface area (Å²) in [5, 5.41) is 6.18. The number of hydrogen-bond donors (Lipinski definition) is 2. The molecule has 7 heteroatoms. The Hall–Kier alpha value is -1.63. The summed E-state index contributed by atoms with van der Waals surface area (Å²) < 4.78 is 0. The van der Waals surface area contributed by atoms with Crippen LogP contribution in [0.2, 0.25) is 0 Å². The van der Waals surface area contributed by atoms with Gasteiger partial charge in [-0.1, -0.05) is 25.6 Å². The van der Waals surface area contributed by atoms with E-state index in [-0.39, 0.29) is 11.8 Å². The van der Waals surface area contributed by atoms with Gasteiger partial charge in [0.05, 0.1) is 0 Å². The largest absolute Gasteiger partial charge is 0.357 e. The highest BCUT2D eigenvalue weighted by Crippen LogP contribution is 2.17. The van der Waals surface area contributed by atoms with Gasteiger partial charge in [0.2, 0.25) is 11.8 Å². The van der Waals surface area contributed by atoms with E-state index in [0.29, 0.717) is 25.2 Å². The normalized spacial score (nSPS) is 12.1. The van der Waals surface area contributed by atoms with Gasteiger partial charge in [-0.05, 0) is 44.4 Å². The van der Waals surface area contributed by atoms with Gasteiger partial charge in [-0.3, -0.25) is 9.59 Å². The predicted molar refractivity (Wildman–Crippen MR) is 97.1 cm³/mol. The minimum Gasteiger partial charge on any atom is -0.357 e. The first-order chi connectivity index (χ1) is 11.3. The van der Waals surface area contributed by atoms with Gasteiger partial charge in [0.15, 0.2) is 5.16 Å². The molecule has 0 saturated heterocycles. The Morgan fingerprint density at radius 1 is 1.17 bits per heavy atom. The zero-order valence-corrected chi connectivity index (χ0v) is 16.2. The number of hydrogen-bond acceptors (Lipinski definition) is 5. The molecule has 1 heterocycles. The van der Waals surface area contributed by atoms with Crippen molar-refractivity contribution in [3.8, 4) is 0 Å². The minimum atomic E-state index is -0.486. The van der Waals surface area contributed by atoms with Crippen molar-refractivity contribution in [1.82, 2.24) is 20.6 Å². The number of rotatable bonds is 8. The molecule has 1 aromatic heterocycles. The molecule has 0 fully saturated rings. The molecule has 6 nitrogen and oxygen atoms in total. The molecule has 1 aromatic rings. The number of thioether (sulfide) groups is 1. The maximum atomic E-state index is 12.2. The van der Waals surface area contributed by atoms with Gasteiger partial charge < -0.3 is 10.6 Å². The molecule has 24 heavy (non-hydrogen) atoms. The van der Waals surface area contributed by atoms with E-state index in [1.54, 1.807) is 7.05 Å². The summed E-state index contributed by atoms with van der Waals surface area (Å²) in [6.45, 7) is 7.93. The zero-order valence-electron chi connectivity index (χ0n) is 15.4. The fourth-order valence-electron chi connectivity index (χ4n) is 2.54. The Labute approximate surface area is 148 Å². The van der Waals surface area contributed by atoms with Gasteiger partial charge in [0.25, 0.3) is 0 Å². The number of carbonyl (C=O) groups is 2. The number of aromatic nitrogens is 2. The second kappa shape index (κ2) is 9.61. The Bertz CT molecular complexity index is 567. The van der Waals surface area contributed by atoms with Crippen LogP contribution in [0.15, 0.2) is 5.16 Å². The molecule has 0 spiro atoms. The molecule has 0 aliphatic heterocycles. The molecule has 2 amide bonds. The van der Waals surface area contributed by atoms with Crippen LogP contribution >= 0.6 is 11.8 Å². The molecule has 1 atom stereocenters. The Morgan fingerprint density at radius 3 is 2.21 bits per heavy atom. The SMILES string of the molecule is CNC(=O)C(CC(C)C)NC(=O)CCc1c(C)nc(SC)nc1C. The monoisotopic (exact) mass is 352 g/mol. The quantitative estimate of drug-likeness (QED) is 0.552. The zero-order chi connectivity index (χ0) is 18.3. The number of nitrogens with zero attached hydrogens (tertiary/aromatic N) is 2. The molecular formula is C17H28N4O2S. The molecule has 0 radical (unpaired) electrons. The van der Waals surface area contributed by atoms with Crippen LogP contribution in [0.3, 0.4) is 0 Å². The Balaban J connectivity index is 2.70. The van der Waals surface area contributed by atoms with E-state index < -0.39 is 6.04 Å². The van der Waals surface area contributed by atoms with Crippen LogP contribution in [0.4, 0.5) is 0 Å². The van der Waals surface area contributed by atoms with Gasteiger partial charge in [-0.25, -0.2) is 9.97 Å². The molecule has 0 saturated carbocycles. The van der Waals surface area contributed by atoms with Crippen molar-refractivity contribution in [3.05, 3.63) is 17.0 Å². The topological polar surface area (TPSA) is 84.0 Å². The lowest BCUT2D eigenvalue weighted by atomic mass is 10.0. The molecule has 0 bridgehead atoms. The first-order valence-corrected chi connectivity index (χ1v) is 9.40. The van der Waals surface area contributed by atoms with E-state index in [1.165, 1.54) is 11.8 Å². The molecule has 0 aliphatic carbocycles. The van der Waals surface area contributed by atoms with Crippen LogP contribution < -0.4 is 10.6 Å². The van der Waals surface area contributed by atoms with E-state index in [4.69, 9.17) is 0 Å². The van der Waals surface area contributed by atoms with Gasteiger partial charge in [0.1, 0.15) is 6.04 Å². The molecule has 0 aliphatic rings. The molecule has 0 aromatic carbocycles. The fraction of sp³-hybridized carbons (Fsp3) is 0.647. The fourth-order valence-corrected chi connectivity index (χ4v) is 3.00. The second-order valence-corrected chi connectivity index (χ2v) is 7.00. The van der Waals surface area contributed by atoms with Gasteiger partial charge >= 0.3 is 0 Å². The van der Waals surface area contributed by atoms with Crippen molar-refractivity contribution in [2.75, 3.05) is 13.3 Å². The summed E-state index contributed by atoms with van der Waals surface area (Å²) in [5.74, 6) is 0.0404. The highest BCUT2D eigenvalue weighted by molar-refractivity contribution is 7.98. The highest BCUT2D eigenvalue weighted by Gasteiger charge is 2.21. The molecule has 1 unspecified atom stereocenters. The average Bonchev–Trinajstić information content (AvgIpc) is 2.51. The van der Waals surface area contributed by atoms with E-state index in [0.717, 1.165) is 22.1 Å². The standard InChI is InChI=1S/C17H28N4O2S/c1-10(2)9-14(16(23)18-5)21-15(22)8-7-13-11(3)19-17(24-6)20-12(13)4/h10,14H,7-9H2,1-6H3,(H,18,23)(H,21,22). The van der Waals surface area contributed by atoms with Crippen LogP contribution in [0.25, 0.3) is 0 Å². The van der Waals surface area contributed by atoms with Crippen LogP contribution in [0.1, 0.15) is 43.6 Å². The van der Waals surface area contributed by atoms with Gasteiger partial charge in [-0.2, -0.15) is 0 Å². The summed E-state index contributed by atoms with van der Waals surface area (Å²) in [5.41, 5.74) is 2.82. The van der Waals surface area contributed by atoms with E-state index >= 15 is 0 Å². The van der Waals surface area contributed by atoms with Crippen molar-refractivity contribution in [2.24, 2.45) is 5.92 Å². The lowest BCUT2D eigenvalue weighted by molar-refractivity contribution is -0.129. The lowest BCUT2D eigenvalue weighted by Gasteiger charge is -2.19. The summed E-state index contributed by atoms with van der Waals surface area (Å²) in [6.07, 6.45) is 3.44. The van der Waals surface area contributed by atoms with Crippen LogP contribution in [0.5, 0.6) is 0 Å². The van der Waals surface area contributed by atoms with Crippen LogP contribution in [-0.4, -0.2) is 41.1 Å². The van der Waals surface area contributed by atoms with Gasteiger partial charge in [-0.15, -0.1) is 0 Å². The molecule has 2 N–H and O–H groups in total. The average molecular weight is 353 g/mol. The lowest BCUT2D eigenvalue weighted by Crippen LogP contribution is -2.46. The Kier molecular flexibility index (Phi) is 8.18. The number of nitrogens with one attached hydrogen (secondary N) is 2. The van der Waals surface area contributed by atoms with E-state index in [2.05, 4.69) is 20.6 Å². The number of likely N-dealkylation sites (N-methyl/N-ethyl adjacent to an activating group) is 1. The molecule has 134 valence electrons. The minimum absolute atomic E-state index is 0.128.